The summed E-state index contributed by atoms with van der Waals surface area (Å²) in [5.41, 5.74) is 7.75. The van der Waals surface area contributed by atoms with E-state index in [0.717, 1.165) is 11.1 Å². The van der Waals surface area contributed by atoms with Crippen LogP contribution in [0.3, 0.4) is 0 Å². The quantitative estimate of drug-likeness (QED) is 0.199. The minimum absolute atomic E-state index is 0. The Labute approximate surface area is 190 Å². The Morgan fingerprint density at radius 2 is 1.73 bits per heavy atom. The molecule has 0 aliphatic carbocycles. The molecule has 0 spiro atoms. The van der Waals surface area contributed by atoms with Gasteiger partial charge in [-0.2, -0.15) is 0 Å². The number of hydrogen-bond donors (Lipinski definition) is 2. The predicted octanol–water partition coefficient (Wildman–Crippen LogP) is 4.68. The van der Waals surface area contributed by atoms with E-state index in [-0.39, 0.29) is 47.9 Å². The lowest BCUT2D eigenvalue weighted by molar-refractivity contribution is -0.274. The molecular formula is C20H25F3IN3O3. The number of nitrogens with one attached hydrogen (secondary N) is 1. The van der Waals surface area contributed by atoms with Crippen LogP contribution >= 0.6 is 24.0 Å². The van der Waals surface area contributed by atoms with Crippen LogP contribution in [-0.2, 0) is 22.6 Å². The van der Waals surface area contributed by atoms with Gasteiger partial charge >= 0.3 is 6.36 Å². The number of nitrogens with zero attached hydrogens (tertiary/aromatic N) is 1. The number of alkyl halides is 3. The molecule has 0 amide bonds. The molecule has 3 N–H and O–H groups in total. The van der Waals surface area contributed by atoms with Crippen LogP contribution in [0.25, 0.3) is 0 Å². The van der Waals surface area contributed by atoms with Gasteiger partial charge < -0.3 is 25.3 Å². The molecule has 166 valence electrons. The number of para-hydroxylation sites is 2. The van der Waals surface area contributed by atoms with Crippen molar-refractivity contribution in [1.29, 1.82) is 0 Å². The van der Waals surface area contributed by atoms with E-state index in [1.807, 2.05) is 31.2 Å². The van der Waals surface area contributed by atoms with Gasteiger partial charge in [0, 0.05) is 6.61 Å². The van der Waals surface area contributed by atoms with Crippen molar-refractivity contribution in [3.05, 3.63) is 59.7 Å². The number of anilines is 1. The molecule has 0 fully saturated rings. The van der Waals surface area contributed by atoms with Gasteiger partial charge in [-0.3, -0.25) is 0 Å². The smallest absolute Gasteiger partial charge is 0.404 e. The monoisotopic (exact) mass is 539 g/mol. The molecule has 6 nitrogen and oxygen atoms in total. The summed E-state index contributed by atoms with van der Waals surface area (Å²) in [6.45, 7) is 4.33. The fourth-order valence-electron chi connectivity index (χ4n) is 2.41. The molecule has 0 bridgehead atoms. The first-order chi connectivity index (χ1) is 13.9. The maximum atomic E-state index is 12.5. The standard InChI is InChI=1S/C20H24F3N3O3.HI/c1-2-27-10-11-28-14-16-7-5-6-15(12-16)13-25-19(24)26-17-8-3-4-9-18(17)29-20(21,22)23;/h3-9,12H,2,10-11,13-14H2,1H3,(H3,24,25,26);1H. The first kappa shape index (κ1) is 26.0. The van der Waals surface area contributed by atoms with Gasteiger partial charge in [-0.05, 0) is 30.2 Å². The van der Waals surface area contributed by atoms with E-state index in [4.69, 9.17) is 15.2 Å². The lowest BCUT2D eigenvalue weighted by atomic mass is 10.1. The van der Waals surface area contributed by atoms with Gasteiger partial charge in [-0.25, -0.2) is 4.99 Å². The van der Waals surface area contributed by atoms with Crippen LogP contribution in [0.15, 0.2) is 53.5 Å². The SMILES string of the molecule is CCOCCOCc1cccc(CN=C(N)Nc2ccccc2OC(F)(F)F)c1.I. The van der Waals surface area contributed by atoms with Crippen molar-refractivity contribution in [3.63, 3.8) is 0 Å². The van der Waals surface area contributed by atoms with Crippen LogP contribution in [0.5, 0.6) is 5.75 Å². The van der Waals surface area contributed by atoms with Crippen LogP contribution < -0.4 is 15.8 Å². The highest BCUT2D eigenvalue weighted by molar-refractivity contribution is 14.0. The van der Waals surface area contributed by atoms with E-state index in [0.29, 0.717) is 26.4 Å². The number of ether oxygens (including phenoxy) is 3. The third-order valence-corrected chi connectivity index (χ3v) is 3.64. The second-order valence-corrected chi connectivity index (χ2v) is 5.94. The predicted molar refractivity (Wildman–Crippen MR) is 120 cm³/mol. The zero-order valence-corrected chi connectivity index (χ0v) is 18.8. The molecule has 2 aromatic rings. The Bertz CT molecular complexity index is 804. The molecule has 0 saturated heterocycles. The number of guanidine groups is 1. The highest BCUT2D eigenvalue weighted by Gasteiger charge is 2.32. The molecule has 0 aliphatic heterocycles. The molecule has 0 saturated carbocycles. The molecule has 0 heterocycles. The summed E-state index contributed by atoms with van der Waals surface area (Å²) in [5.74, 6) is -0.411. The van der Waals surface area contributed by atoms with Crippen molar-refractivity contribution < 1.29 is 27.4 Å². The summed E-state index contributed by atoms with van der Waals surface area (Å²) in [7, 11) is 0. The highest BCUT2D eigenvalue weighted by atomic mass is 127. The highest BCUT2D eigenvalue weighted by Crippen LogP contribution is 2.29. The number of hydrogen-bond acceptors (Lipinski definition) is 4. The van der Waals surface area contributed by atoms with E-state index in [2.05, 4.69) is 15.0 Å². The summed E-state index contributed by atoms with van der Waals surface area (Å²) in [4.78, 5) is 4.17. The Hall–Kier alpha value is -2.05. The van der Waals surface area contributed by atoms with Gasteiger partial charge in [-0.15, -0.1) is 37.1 Å². The van der Waals surface area contributed by atoms with E-state index >= 15 is 0 Å². The molecular weight excluding hydrogens is 514 g/mol. The summed E-state index contributed by atoms with van der Waals surface area (Å²) in [6, 6.07) is 13.2. The molecule has 2 rings (SSSR count). The van der Waals surface area contributed by atoms with Crippen LogP contribution in [-0.4, -0.2) is 32.1 Å². The molecule has 10 heteroatoms. The van der Waals surface area contributed by atoms with Crippen LogP contribution in [0.1, 0.15) is 18.1 Å². The Morgan fingerprint density at radius 1 is 1.03 bits per heavy atom. The third kappa shape index (κ3) is 10.1. The number of halogens is 4. The van der Waals surface area contributed by atoms with Gasteiger partial charge in [0.1, 0.15) is 0 Å². The third-order valence-electron chi connectivity index (χ3n) is 3.64. The fourth-order valence-corrected chi connectivity index (χ4v) is 2.41. The fraction of sp³-hybridized carbons (Fsp3) is 0.350. The number of aliphatic imine (C=N–C) groups is 1. The van der Waals surface area contributed by atoms with Crippen molar-refractivity contribution in [2.75, 3.05) is 25.1 Å². The lowest BCUT2D eigenvalue weighted by Crippen LogP contribution is -2.24. The van der Waals surface area contributed by atoms with Crippen molar-refractivity contribution in [2.45, 2.75) is 26.4 Å². The number of nitrogens with two attached hydrogens (primary N) is 1. The Kier molecular flexibility index (Phi) is 11.5. The molecule has 0 atom stereocenters. The van der Waals surface area contributed by atoms with Crippen LogP contribution in [0.4, 0.5) is 18.9 Å². The van der Waals surface area contributed by atoms with Crippen molar-refractivity contribution in [3.8, 4) is 5.75 Å². The molecule has 0 aromatic heterocycles. The van der Waals surface area contributed by atoms with Gasteiger partial charge in [0.05, 0.1) is 32.1 Å². The first-order valence-corrected chi connectivity index (χ1v) is 9.02. The summed E-state index contributed by atoms with van der Waals surface area (Å²) >= 11 is 0. The van der Waals surface area contributed by atoms with Crippen molar-refractivity contribution in [1.82, 2.24) is 0 Å². The van der Waals surface area contributed by atoms with Crippen LogP contribution in [0, 0.1) is 0 Å². The normalized spacial score (nSPS) is 11.7. The Morgan fingerprint density at radius 3 is 2.47 bits per heavy atom. The molecule has 0 radical (unpaired) electrons. The number of benzene rings is 2. The molecule has 30 heavy (non-hydrogen) atoms. The topological polar surface area (TPSA) is 78.1 Å². The maximum Gasteiger partial charge on any atom is 0.573 e. The average Bonchev–Trinajstić information content (AvgIpc) is 2.67. The largest absolute Gasteiger partial charge is 0.573 e. The van der Waals surface area contributed by atoms with Gasteiger partial charge in [0.25, 0.3) is 0 Å². The van der Waals surface area contributed by atoms with Crippen molar-refractivity contribution in [2.24, 2.45) is 10.7 Å². The second-order valence-electron chi connectivity index (χ2n) is 5.94. The zero-order chi connectivity index (χ0) is 21.1. The van der Waals surface area contributed by atoms with E-state index < -0.39 is 6.36 Å². The van der Waals surface area contributed by atoms with Gasteiger partial charge in [-0.1, -0.05) is 36.4 Å². The minimum atomic E-state index is -4.80. The molecule has 2 aromatic carbocycles. The van der Waals surface area contributed by atoms with Crippen molar-refractivity contribution >= 4 is 35.6 Å². The van der Waals surface area contributed by atoms with Crippen LogP contribution in [0.2, 0.25) is 0 Å². The molecule has 0 unspecified atom stereocenters. The number of rotatable bonds is 10. The summed E-state index contributed by atoms with van der Waals surface area (Å²) < 4.78 is 52.2. The average molecular weight is 539 g/mol. The van der Waals surface area contributed by atoms with Gasteiger partial charge in [0.2, 0.25) is 0 Å². The Balaban J connectivity index is 0.00000450. The summed E-state index contributed by atoms with van der Waals surface area (Å²) in [5, 5.41) is 2.64. The second kappa shape index (κ2) is 13.3. The maximum absolute atomic E-state index is 12.5. The zero-order valence-electron chi connectivity index (χ0n) is 16.4. The van der Waals surface area contributed by atoms with E-state index in [9.17, 15) is 13.2 Å². The summed E-state index contributed by atoms with van der Waals surface area (Å²) in [6.07, 6.45) is -4.80. The first-order valence-electron chi connectivity index (χ1n) is 9.02. The van der Waals surface area contributed by atoms with E-state index in [1.54, 1.807) is 6.07 Å². The van der Waals surface area contributed by atoms with Gasteiger partial charge in [0.15, 0.2) is 11.7 Å². The minimum Gasteiger partial charge on any atom is -0.404 e. The van der Waals surface area contributed by atoms with E-state index in [1.165, 1.54) is 18.2 Å². The molecule has 0 aliphatic rings. The lowest BCUT2D eigenvalue weighted by Gasteiger charge is -2.14.